The van der Waals surface area contributed by atoms with E-state index in [1.54, 1.807) is 12.1 Å². The van der Waals surface area contributed by atoms with Gasteiger partial charge in [-0.05, 0) is 25.0 Å². The number of hydrogen-bond donors (Lipinski definition) is 0. The van der Waals surface area contributed by atoms with E-state index in [0.29, 0.717) is 16.9 Å². The lowest BCUT2D eigenvalue weighted by molar-refractivity contribution is -0.133. The lowest BCUT2D eigenvalue weighted by atomic mass is 10.0. The van der Waals surface area contributed by atoms with Crippen molar-refractivity contribution in [2.24, 2.45) is 0 Å². The minimum atomic E-state index is -0.164. The monoisotopic (exact) mass is 392 g/mol. The van der Waals surface area contributed by atoms with Crippen molar-refractivity contribution < 1.29 is 4.79 Å². The molecule has 3 aromatic rings. The predicted molar refractivity (Wildman–Crippen MR) is 108 cm³/mol. The third-order valence-corrected chi connectivity index (χ3v) is 6.15. The standard InChI is InChI=1S/C21H24N6O2/c28-20(14-27-15-23-18-4-2-1-3-17(18)21(27)29)25-8-5-16(6-9-25)26-12-11-24-10-7-22-19(24)13-26/h1-4,7,10,15-16H,5-6,8-9,11-14H2. The molecule has 0 N–H and O–H groups in total. The molecule has 0 spiro atoms. The molecule has 1 aromatic carbocycles. The molecule has 0 saturated carbocycles. The summed E-state index contributed by atoms with van der Waals surface area (Å²) in [6, 6.07) is 7.70. The molecule has 5 rings (SSSR count). The summed E-state index contributed by atoms with van der Waals surface area (Å²) < 4.78 is 3.63. The van der Waals surface area contributed by atoms with Gasteiger partial charge in [-0.2, -0.15) is 0 Å². The summed E-state index contributed by atoms with van der Waals surface area (Å²) >= 11 is 0. The number of carbonyl (C=O) groups excluding carboxylic acids is 1. The molecular weight excluding hydrogens is 368 g/mol. The maximum atomic E-state index is 12.8. The first kappa shape index (κ1) is 18.1. The van der Waals surface area contributed by atoms with E-state index >= 15 is 0 Å². The predicted octanol–water partition coefficient (Wildman–Crippen LogP) is 1.10. The van der Waals surface area contributed by atoms with Gasteiger partial charge in [0.2, 0.25) is 5.91 Å². The van der Waals surface area contributed by atoms with Crippen LogP contribution in [-0.2, 0) is 24.4 Å². The fourth-order valence-electron chi connectivity index (χ4n) is 4.45. The number of fused-ring (bicyclic) bond motifs is 2. The largest absolute Gasteiger partial charge is 0.341 e. The molecule has 2 aliphatic heterocycles. The number of imidazole rings is 1. The molecule has 29 heavy (non-hydrogen) atoms. The smallest absolute Gasteiger partial charge is 0.261 e. The first-order valence-corrected chi connectivity index (χ1v) is 10.1. The van der Waals surface area contributed by atoms with Gasteiger partial charge in [-0.1, -0.05) is 12.1 Å². The average Bonchev–Trinajstić information content (AvgIpc) is 3.24. The summed E-state index contributed by atoms with van der Waals surface area (Å²) in [6.45, 7) is 4.38. The van der Waals surface area contributed by atoms with Gasteiger partial charge in [-0.3, -0.25) is 19.1 Å². The molecule has 8 nitrogen and oxygen atoms in total. The van der Waals surface area contributed by atoms with Crippen LogP contribution in [0.3, 0.4) is 0 Å². The van der Waals surface area contributed by atoms with E-state index in [4.69, 9.17) is 0 Å². The number of rotatable bonds is 3. The van der Waals surface area contributed by atoms with Crippen LogP contribution < -0.4 is 5.56 Å². The number of aromatic nitrogens is 4. The SMILES string of the molecule is O=C(Cn1cnc2ccccc2c1=O)N1CCC(N2CCn3ccnc3C2)CC1. The maximum Gasteiger partial charge on any atom is 0.261 e. The van der Waals surface area contributed by atoms with Gasteiger partial charge in [-0.15, -0.1) is 0 Å². The number of hydrogen-bond acceptors (Lipinski definition) is 5. The van der Waals surface area contributed by atoms with Crippen LogP contribution in [0.5, 0.6) is 0 Å². The van der Waals surface area contributed by atoms with Crippen molar-refractivity contribution in [3.63, 3.8) is 0 Å². The Hall–Kier alpha value is -3.00. The second-order valence-corrected chi connectivity index (χ2v) is 7.81. The Kier molecular flexibility index (Phi) is 4.63. The van der Waals surface area contributed by atoms with Crippen LogP contribution in [-0.4, -0.2) is 60.5 Å². The zero-order chi connectivity index (χ0) is 19.8. The van der Waals surface area contributed by atoms with E-state index in [2.05, 4.69) is 19.4 Å². The summed E-state index contributed by atoms with van der Waals surface area (Å²) in [5.74, 6) is 1.11. The van der Waals surface area contributed by atoms with Gasteiger partial charge in [0.15, 0.2) is 0 Å². The van der Waals surface area contributed by atoms with Gasteiger partial charge < -0.3 is 9.47 Å². The van der Waals surface area contributed by atoms with Crippen LogP contribution >= 0.6 is 0 Å². The van der Waals surface area contributed by atoms with Gasteiger partial charge in [0.05, 0.1) is 23.8 Å². The molecule has 0 aliphatic carbocycles. The molecule has 0 bridgehead atoms. The fourth-order valence-corrected chi connectivity index (χ4v) is 4.45. The van der Waals surface area contributed by atoms with Gasteiger partial charge in [0, 0.05) is 44.6 Å². The van der Waals surface area contributed by atoms with Crippen LogP contribution in [0.1, 0.15) is 18.7 Å². The molecule has 2 aliphatic rings. The molecule has 1 fully saturated rings. The van der Waals surface area contributed by atoms with Gasteiger partial charge in [0.25, 0.3) is 5.56 Å². The summed E-state index contributed by atoms with van der Waals surface area (Å²) in [4.78, 5) is 38.5. The summed E-state index contributed by atoms with van der Waals surface area (Å²) in [5.41, 5.74) is 0.492. The van der Waals surface area contributed by atoms with E-state index in [-0.39, 0.29) is 18.0 Å². The van der Waals surface area contributed by atoms with Gasteiger partial charge >= 0.3 is 0 Å². The Morgan fingerprint density at radius 1 is 1.07 bits per heavy atom. The van der Waals surface area contributed by atoms with Crippen LogP contribution in [0.25, 0.3) is 10.9 Å². The zero-order valence-electron chi connectivity index (χ0n) is 16.3. The first-order chi connectivity index (χ1) is 14.2. The normalized spacial score (nSPS) is 18.1. The quantitative estimate of drug-likeness (QED) is 0.667. The maximum absolute atomic E-state index is 12.8. The molecule has 150 valence electrons. The highest BCUT2D eigenvalue weighted by Crippen LogP contribution is 2.21. The zero-order valence-corrected chi connectivity index (χ0v) is 16.3. The Balaban J connectivity index is 1.21. The second kappa shape index (κ2) is 7.44. The van der Waals surface area contributed by atoms with E-state index in [0.717, 1.165) is 51.4 Å². The van der Waals surface area contributed by atoms with Crippen molar-refractivity contribution >= 4 is 16.8 Å². The molecule has 4 heterocycles. The van der Waals surface area contributed by atoms with Crippen molar-refractivity contribution in [2.75, 3.05) is 19.6 Å². The Morgan fingerprint density at radius 3 is 2.76 bits per heavy atom. The average molecular weight is 392 g/mol. The summed E-state index contributed by atoms with van der Waals surface area (Å²) in [7, 11) is 0. The van der Waals surface area contributed by atoms with Crippen LogP contribution in [0.4, 0.5) is 0 Å². The minimum absolute atomic E-state index is 0.0168. The minimum Gasteiger partial charge on any atom is -0.341 e. The Morgan fingerprint density at radius 2 is 1.90 bits per heavy atom. The fraction of sp³-hybridized carbons (Fsp3) is 0.429. The number of benzene rings is 1. The van der Waals surface area contributed by atoms with Crippen LogP contribution in [0.2, 0.25) is 0 Å². The van der Waals surface area contributed by atoms with E-state index < -0.39 is 0 Å². The highest BCUT2D eigenvalue weighted by molar-refractivity contribution is 5.79. The van der Waals surface area contributed by atoms with Crippen LogP contribution in [0, 0.1) is 0 Å². The Labute approximate surface area is 168 Å². The lowest BCUT2D eigenvalue weighted by Gasteiger charge is -2.40. The molecule has 0 radical (unpaired) electrons. The van der Waals surface area contributed by atoms with Crippen molar-refractivity contribution in [2.45, 2.75) is 38.5 Å². The third kappa shape index (κ3) is 3.44. The molecule has 8 heteroatoms. The van der Waals surface area contributed by atoms with E-state index in [9.17, 15) is 9.59 Å². The van der Waals surface area contributed by atoms with Crippen LogP contribution in [0.15, 0.2) is 47.8 Å². The lowest BCUT2D eigenvalue weighted by Crippen LogP contribution is -2.49. The first-order valence-electron chi connectivity index (χ1n) is 10.1. The van der Waals surface area contributed by atoms with E-state index in [1.807, 2.05) is 29.4 Å². The van der Waals surface area contributed by atoms with Gasteiger partial charge in [-0.25, -0.2) is 9.97 Å². The number of nitrogens with zero attached hydrogens (tertiary/aromatic N) is 6. The summed E-state index contributed by atoms with van der Waals surface area (Å²) in [5, 5.41) is 0.546. The number of amides is 1. The van der Waals surface area contributed by atoms with Crippen molar-refractivity contribution in [1.82, 2.24) is 28.9 Å². The number of carbonyl (C=O) groups is 1. The summed E-state index contributed by atoms with van der Waals surface area (Å²) in [6.07, 6.45) is 7.29. The molecule has 0 unspecified atom stereocenters. The molecule has 2 aromatic heterocycles. The second-order valence-electron chi connectivity index (χ2n) is 7.81. The molecule has 0 atom stereocenters. The molecule has 1 saturated heterocycles. The Bertz CT molecular complexity index is 1100. The number of para-hydroxylation sites is 1. The topological polar surface area (TPSA) is 76.3 Å². The van der Waals surface area contributed by atoms with Crippen molar-refractivity contribution in [3.05, 3.63) is 59.2 Å². The highest BCUT2D eigenvalue weighted by Gasteiger charge is 2.29. The van der Waals surface area contributed by atoms with Crippen molar-refractivity contribution in [1.29, 1.82) is 0 Å². The number of likely N-dealkylation sites (tertiary alicyclic amines) is 1. The third-order valence-electron chi connectivity index (χ3n) is 6.15. The number of piperidine rings is 1. The molecular formula is C21H24N6O2. The van der Waals surface area contributed by atoms with Gasteiger partial charge in [0.1, 0.15) is 12.4 Å². The van der Waals surface area contributed by atoms with E-state index in [1.165, 1.54) is 10.9 Å². The van der Waals surface area contributed by atoms with Crippen molar-refractivity contribution in [3.8, 4) is 0 Å². The highest BCUT2D eigenvalue weighted by atomic mass is 16.2. The molecule has 1 amide bonds.